The summed E-state index contributed by atoms with van der Waals surface area (Å²) in [6.07, 6.45) is 0. The molecule has 3 aromatic carbocycles. The average molecular weight is 490 g/mol. The molecule has 0 fully saturated rings. The first-order chi connectivity index (χ1) is 15.2. The number of hydrogen-bond acceptors (Lipinski definition) is 4. The van der Waals surface area contributed by atoms with Gasteiger partial charge in [0.05, 0.1) is 26.3 Å². The second-order valence-electron chi connectivity index (χ2n) is 7.00. The lowest BCUT2D eigenvalue weighted by Crippen LogP contribution is -2.40. The Hall–Kier alpha value is -2.87. The molecule has 3 aromatic rings. The number of benzene rings is 3. The fourth-order valence-corrected chi connectivity index (χ4v) is 4.78. The van der Waals surface area contributed by atoms with E-state index in [0.29, 0.717) is 5.71 Å². The third-order valence-electron chi connectivity index (χ3n) is 4.64. The van der Waals surface area contributed by atoms with Crippen LogP contribution < -0.4 is 9.73 Å². The van der Waals surface area contributed by atoms with E-state index >= 15 is 0 Å². The zero-order valence-corrected chi connectivity index (χ0v) is 19.7. The number of amides is 1. The number of aryl methyl sites for hydroxylation is 1. The number of hydrazone groups is 1. The van der Waals surface area contributed by atoms with Crippen LogP contribution in [0.25, 0.3) is 0 Å². The Morgan fingerprint density at radius 3 is 2.28 bits per heavy atom. The lowest BCUT2D eigenvalue weighted by atomic mass is 10.1. The van der Waals surface area contributed by atoms with Crippen molar-refractivity contribution in [3.63, 3.8) is 0 Å². The van der Waals surface area contributed by atoms with Crippen LogP contribution in [0.15, 0.2) is 82.8 Å². The van der Waals surface area contributed by atoms with Gasteiger partial charge in [0, 0.05) is 0 Å². The molecule has 0 aliphatic rings. The molecule has 0 spiro atoms. The summed E-state index contributed by atoms with van der Waals surface area (Å²) in [5.41, 5.74) is 5.03. The molecule has 1 amide bonds. The van der Waals surface area contributed by atoms with Crippen LogP contribution in [0.4, 0.5) is 5.69 Å². The highest BCUT2D eigenvalue weighted by atomic mass is 35.5. The van der Waals surface area contributed by atoms with Crippen molar-refractivity contribution in [1.82, 2.24) is 5.43 Å². The van der Waals surface area contributed by atoms with Crippen LogP contribution in [0.5, 0.6) is 0 Å². The monoisotopic (exact) mass is 489 g/mol. The first-order valence-electron chi connectivity index (χ1n) is 9.62. The summed E-state index contributed by atoms with van der Waals surface area (Å²) >= 11 is 12.4. The molecule has 0 aromatic heterocycles. The van der Waals surface area contributed by atoms with Gasteiger partial charge >= 0.3 is 0 Å². The molecule has 0 bridgehead atoms. The fraction of sp³-hybridized carbons (Fsp3) is 0.130. The van der Waals surface area contributed by atoms with Gasteiger partial charge < -0.3 is 0 Å². The van der Waals surface area contributed by atoms with Crippen molar-refractivity contribution in [2.75, 3.05) is 10.8 Å². The Labute approximate surface area is 197 Å². The highest BCUT2D eigenvalue weighted by Gasteiger charge is 2.29. The van der Waals surface area contributed by atoms with Crippen LogP contribution in [0.3, 0.4) is 0 Å². The van der Waals surface area contributed by atoms with E-state index in [0.717, 1.165) is 15.4 Å². The average Bonchev–Trinajstić information content (AvgIpc) is 2.79. The number of carbonyl (C=O) groups excluding carboxylic acids is 1. The molecule has 0 radical (unpaired) electrons. The molecule has 166 valence electrons. The number of carbonyl (C=O) groups is 1. The largest absolute Gasteiger partial charge is 0.271 e. The van der Waals surface area contributed by atoms with Gasteiger partial charge in [0.25, 0.3) is 15.9 Å². The topological polar surface area (TPSA) is 78.8 Å². The van der Waals surface area contributed by atoms with Gasteiger partial charge in [-0.2, -0.15) is 5.10 Å². The van der Waals surface area contributed by atoms with E-state index in [1.807, 2.05) is 31.2 Å². The van der Waals surface area contributed by atoms with Gasteiger partial charge in [0.2, 0.25) is 0 Å². The van der Waals surface area contributed by atoms with E-state index in [-0.39, 0.29) is 20.6 Å². The second-order valence-corrected chi connectivity index (χ2v) is 9.64. The lowest BCUT2D eigenvalue weighted by molar-refractivity contribution is -0.119. The lowest BCUT2D eigenvalue weighted by Gasteiger charge is -2.25. The third kappa shape index (κ3) is 5.48. The van der Waals surface area contributed by atoms with E-state index < -0.39 is 22.5 Å². The minimum atomic E-state index is -4.10. The normalized spacial score (nSPS) is 11.8. The van der Waals surface area contributed by atoms with Gasteiger partial charge in [-0.15, -0.1) is 0 Å². The van der Waals surface area contributed by atoms with E-state index in [4.69, 9.17) is 23.2 Å². The van der Waals surface area contributed by atoms with E-state index in [1.165, 1.54) is 24.3 Å². The molecule has 0 unspecified atom stereocenters. The number of sulfonamides is 1. The summed E-state index contributed by atoms with van der Waals surface area (Å²) in [6, 6.07) is 20.0. The predicted molar refractivity (Wildman–Crippen MR) is 129 cm³/mol. The van der Waals surface area contributed by atoms with Crippen LogP contribution in [0, 0.1) is 6.92 Å². The molecule has 0 saturated carbocycles. The minimum absolute atomic E-state index is 0.0168. The maximum absolute atomic E-state index is 13.3. The summed E-state index contributed by atoms with van der Waals surface area (Å²) in [5.74, 6) is -0.632. The Morgan fingerprint density at radius 1 is 0.969 bits per heavy atom. The van der Waals surface area contributed by atoms with Gasteiger partial charge in [-0.25, -0.2) is 13.8 Å². The van der Waals surface area contributed by atoms with Gasteiger partial charge in [0.15, 0.2) is 0 Å². The first-order valence-corrected chi connectivity index (χ1v) is 11.8. The summed E-state index contributed by atoms with van der Waals surface area (Å²) < 4.78 is 27.6. The Bertz CT molecular complexity index is 1250. The fourth-order valence-electron chi connectivity index (χ4n) is 2.88. The van der Waals surface area contributed by atoms with Crippen molar-refractivity contribution in [2.45, 2.75) is 18.7 Å². The van der Waals surface area contributed by atoms with Gasteiger partial charge in [-0.1, -0.05) is 77.3 Å². The molecule has 0 saturated heterocycles. The molecule has 1 N–H and O–H groups in total. The van der Waals surface area contributed by atoms with Crippen molar-refractivity contribution in [3.05, 3.63) is 94.0 Å². The zero-order valence-electron chi connectivity index (χ0n) is 17.4. The molecule has 6 nitrogen and oxygen atoms in total. The number of nitrogens with one attached hydrogen (secondary N) is 1. The summed E-state index contributed by atoms with van der Waals surface area (Å²) in [4.78, 5) is 12.7. The molecular weight excluding hydrogens is 469 g/mol. The van der Waals surface area contributed by atoms with Crippen LogP contribution in [0.1, 0.15) is 18.1 Å². The maximum atomic E-state index is 13.3. The van der Waals surface area contributed by atoms with Crippen molar-refractivity contribution < 1.29 is 13.2 Å². The molecule has 0 aliphatic heterocycles. The first kappa shape index (κ1) is 23.8. The molecule has 9 heteroatoms. The molecule has 0 heterocycles. The molecule has 0 atom stereocenters. The predicted octanol–water partition coefficient (Wildman–Crippen LogP) is 5.04. The third-order valence-corrected chi connectivity index (χ3v) is 7.22. The van der Waals surface area contributed by atoms with E-state index in [9.17, 15) is 13.2 Å². The van der Waals surface area contributed by atoms with Crippen LogP contribution >= 0.6 is 23.2 Å². The summed E-state index contributed by atoms with van der Waals surface area (Å²) in [6.45, 7) is 3.18. The second kappa shape index (κ2) is 10.2. The number of halogens is 2. The van der Waals surface area contributed by atoms with Gasteiger partial charge in [0.1, 0.15) is 6.54 Å². The molecule has 3 rings (SSSR count). The molecular formula is C23H21Cl2N3O3S. The Kier molecular flexibility index (Phi) is 7.56. The number of hydrogen-bond donors (Lipinski definition) is 1. The van der Waals surface area contributed by atoms with Crippen molar-refractivity contribution >= 4 is 50.5 Å². The molecule has 32 heavy (non-hydrogen) atoms. The number of rotatable bonds is 7. The molecule has 0 aliphatic carbocycles. The summed E-state index contributed by atoms with van der Waals surface area (Å²) in [7, 11) is -4.10. The van der Waals surface area contributed by atoms with Crippen molar-refractivity contribution in [3.8, 4) is 0 Å². The van der Waals surface area contributed by atoms with Gasteiger partial charge in [-0.3, -0.25) is 9.10 Å². The number of nitrogens with zero attached hydrogens (tertiary/aromatic N) is 2. The maximum Gasteiger partial charge on any atom is 0.264 e. The standard InChI is InChI=1S/C23H21Cl2N3O3S/c1-16-11-13-18(14-12-16)17(2)26-27-22(29)15-28(21-10-6-9-20(24)23(21)25)32(30,31)19-7-4-3-5-8-19/h3-14H,15H2,1-2H3,(H,27,29)/b26-17+. The van der Waals surface area contributed by atoms with Crippen molar-refractivity contribution in [1.29, 1.82) is 0 Å². The zero-order chi connectivity index (χ0) is 23.3. The van der Waals surface area contributed by atoms with Crippen LogP contribution in [-0.4, -0.2) is 26.6 Å². The van der Waals surface area contributed by atoms with Crippen LogP contribution in [-0.2, 0) is 14.8 Å². The highest BCUT2D eigenvalue weighted by molar-refractivity contribution is 7.92. The van der Waals surface area contributed by atoms with Crippen molar-refractivity contribution in [2.24, 2.45) is 5.10 Å². The van der Waals surface area contributed by atoms with E-state index in [1.54, 1.807) is 31.2 Å². The Morgan fingerprint density at radius 2 is 1.62 bits per heavy atom. The van der Waals surface area contributed by atoms with Gasteiger partial charge in [-0.05, 0) is 43.7 Å². The van der Waals surface area contributed by atoms with E-state index in [2.05, 4.69) is 10.5 Å². The highest BCUT2D eigenvalue weighted by Crippen LogP contribution is 2.35. The Balaban J connectivity index is 1.90. The minimum Gasteiger partial charge on any atom is -0.271 e. The quantitative estimate of drug-likeness (QED) is 0.373. The SMILES string of the molecule is C/C(=N\NC(=O)CN(c1cccc(Cl)c1Cl)S(=O)(=O)c1ccccc1)c1ccc(C)cc1. The summed E-state index contributed by atoms with van der Waals surface area (Å²) in [5, 5.41) is 4.30. The van der Waals surface area contributed by atoms with Crippen LogP contribution in [0.2, 0.25) is 10.0 Å². The smallest absolute Gasteiger partial charge is 0.264 e. The number of anilines is 1.